The number of piperazine rings is 1. The highest BCUT2D eigenvalue weighted by Gasteiger charge is 2.17. The molecule has 1 N–H and O–H groups in total. The number of carbonyl (C=O) groups is 1. The van der Waals surface area contributed by atoms with E-state index in [2.05, 4.69) is 34.6 Å². The second kappa shape index (κ2) is 5.36. The van der Waals surface area contributed by atoms with Crippen LogP contribution < -0.4 is 5.32 Å². The Balaban J connectivity index is 1.76. The van der Waals surface area contributed by atoms with Crippen LogP contribution in [0.25, 0.3) is 10.9 Å². The van der Waals surface area contributed by atoms with Gasteiger partial charge in [0.15, 0.2) is 0 Å². The standard InChI is InChI=1S/C15H17N3O/c19-14-11-16-8-10-18(14)9-6-13-4-1-3-12-5-2-7-17-15(12)13/h1-5,7,16H,6,8-11H2. The molecule has 19 heavy (non-hydrogen) atoms. The van der Waals surface area contributed by atoms with E-state index < -0.39 is 0 Å². The topological polar surface area (TPSA) is 45.2 Å². The van der Waals surface area contributed by atoms with Gasteiger partial charge in [-0.2, -0.15) is 0 Å². The van der Waals surface area contributed by atoms with Gasteiger partial charge in [0.2, 0.25) is 5.91 Å². The van der Waals surface area contributed by atoms with Crippen LogP contribution in [0.1, 0.15) is 5.56 Å². The third-order valence-corrected chi connectivity index (χ3v) is 3.55. The molecule has 1 aliphatic heterocycles. The molecule has 98 valence electrons. The van der Waals surface area contributed by atoms with Crippen LogP contribution in [0.2, 0.25) is 0 Å². The van der Waals surface area contributed by atoms with E-state index in [4.69, 9.17) is 0 Å². The molecule has 1 aromatic heterocycles. The van der Waals surface area contributed by atoms with E-state index in [0.29, 0.717) is 6.54 Å². The van der Waals surface area contributed by atoms with Crippen LogP contribution in [0.5, 0.6) is 0 Å². The summed E-state index contributed by atoms with van der Waals surface area (Å²) in [7, 11) is 0. The third kappa shape index (κ3) is 2.58. The third-order valence-electron chi connectivity index (χ3n) is 3.55. The zero-order valence-electron chi connectivity index (χ0n) is 10.8. The van der Waals surface area contributed by atoms with Crippen molar-refractivity contribution in [2.75, 3.05) is 26.2 Å². The SMILES string of the molecule is O=C1CNCCN1CCc1cccc2cccnc12. The van der Waals surface area contributed by atoms with Crippen LogP contribution in [0, 0.1) is 0 Å². The normalized spacial score (nSPS) is 16.0. The summed E-state index contributed by atoms with van der Waals surface area (Å²) in [6, 6.07) is 10.2. The quantitative estimate of drug-likeness (QED) is 0.896. The summed E-state index contributed by atoms with van der Waals surface area (Å²) in [5.41, 5.74) is 2.26. The number of nitrogens with one attached hydrogen (secondary N) is 1. The molecule has 0 atom stereocenters. The highest BCUT2D eigenvalue weighted by molar-refractivity contribution is 5.82. The smallest absolute Gasteiger partial charge is 0.236 e. The van der Waals surface area contributed by atoms with E-state index in [0.717, 1.165) is 37.0 Å². The lowest BCUT2D eigenvalue weighted by atomic mass is 10.1. The molecule has 4 nitrogen and oxygen atoms in total. The fourth-order valence-electron chi connectivity index (χ4n) is 2.51. The number of aromatic nitrogens is 1. The molecule has 1 amide bonds. The molecule has 0 saturated carbocycles. The van der Waals surface area contributed by atoms with Crippen LogP contribution in [-0.2, 0) is 11.2 Å². The van der Waals surface area contributed by atoms with Crippen molar-refractivity contribution in [2.24, 2.45) is 0 Å². The molecule has 1 aromatic carbocycles. The predicted octanol–water partition coefficient (Wildman–Crippen LogP) is 1.21. The number of carbonyl (C=O) groups excluding carboxylic acids is 1. The largest absolute Gasteiger partial charge is 0.340 e. The number of pyridine rings is 1. The summed E-state index contributed by atoms with van der Waals surface area (Å²) in [6.07, 6.45) is 2.68. The van der Waals surface area contributed by atoms with Gasteiger partial charge in [-0.1, -0.05) is 24.3 Å². The number of nitrogens with zero attached hydrogens (tertiary/aromatic N) is 2. The van der Waals surface area contributed by atoms with Crippen molar-refractivity contribution in [2.45, 2.75) is 6.42 Å². The number of fused-ring (bicyclic) bond motifs is 1. The van der Waals surface area contributed by atoms with Gasteiger partial charge in [-0.05, 0) is 18.1 Å². The van der Waals surface area contributed by atoms with Gasteiger partial charge < -0.3 is 10.2 Å². The van der Waals surface area contributed by atoms with Crippen molar-refractivity contribution in [3.05, 3.63) is 42.1 Å². The molecule has 4 heteroatoms. The van der Waals surface area contributed by atoms with Gasteiger partial charge in [0.05, 0.1) is 12.1 Å². The van der Waals surface area contributed by atoms with Gasteiger partial charge in [0.1, 0.15) is 0 Å². The zero-order valence-corrected chi connectivity index (χ0v) is 10.8. The predicted molar refractivity (Wildman–Crippen MR) is 74.9 cm³/mol. The average molecular weight is 255 g/mol. The first kappa shape index (κ1) is 12.1. The Morgan fingerprint density at radius 1 is 1.26 bits per heavy atom. The summed E-state index contributed by atoms with van der Waals surface area (Å²) < 4.78 is 0. The van der Waals surface area contributed by atoms with Crippen LogP contribution >= 0.6 is 0 Å². The van der Waals surface area contributed by atoms with Crippen molar-refractivity contribution in [3.63, 3.8) is 0 Å². The number of hydrogen-bond acceptors (Lipinski definition) is 3. The van der Waals surface area contributed by atoms with Crippen LogP contribution in [0.15, 0.2) is 36.5 Å². The molecule has 0 spiro atoms. The molecule has 1 aliphatic rings. The molecule has 2 heterocycles. The maximum absolute atomic E-state index is 11.7. The lowest BCUT2D eigenvalue weighted by Crippen LogP contribution is -2.48. The Kier molecular flexibility index (Phi) is 3.42. The highest BCUT2D eigenvalue weighted by atomic mass is 16.2. The Morgan fingerprint density at radius 3 is 3.05 bits per heavy atom. The first-order valence-corrected chi connectivity index (χ1v) is 6.66. The van der Waals surface area contributed by atoms with Crippen molar-refractivity contribution in [3.8, 4) is 0 Å². The lowest BCUT2D eigenvalue weighted by Gasteiger charge is -2.27. The van der Waals surface area contributed by atoms with E-state index in [1.165, 1.54) is 5.56 Å². The second-order valence-corrected chi connectivity index (χ2v) is 4.80. The Morgan fingerprint density at radius 2 is 2.16 bits per heavy atom. The summed E-state index contributed by atoms with van der Waals surface area (Å²) in [4.78, 5) is 18.1. The molecular weight excluding hydrogens is 238 g/mol. The fraction of sp³-hybridized carbons (Fsp3) is 0.333. The Labute approximate surface area is 112 Å². The number of benzene rings is 1. The van der Waals surface area contributed by atoms with Crippen molar-refractivity contribution >= 4 is 16.8 Å². The minimum absolute atomic E-state index is 0.194. The maximum atomic E-state index is 11.7. The van der Waals surface area contributed by atoms with E-state index in [1.807, 2.05) is 17.2 Å². The average Bonchev–Trinajstić information content (AvgIpc) is 2.46. The molecule has 0 radical (unpaired) electrons. The molecule has 2 aromatic rings. The number of hydrogen-bond donors (Lipinski definition) is 1. The molecule has 1 saturated heterocycles. The van der Waals surface area contributed by atoms with Gasteiger partial charge in [-0.3, -0.25) is 9.78 Å². The van der Waals surface area contributed by atoms with Crippen LogP contribution in [0.4, 0.5) is 0 Å². The minimum Gasteiger partial charge on any atom is -0.340 e. The fourth-order valence-corrected chi connectivity index (χ4v) is 2.51. The first-order chi connectivity index (χ1) is 9.34. The molecule has 1 fully saturated rings. The van der Waals surface area contributed by atoms with Crippen molar-refractivity contribution in [1.82, 2.24) is 15.2 Å². The van der Waals surface area contributed by atoms with Crippen LogP contribution in [-0.4, -0.2) is 42.0 Å². The van der Waals surface area contributed by atoms with Gasteiger partial charge in [-0.25, -0.2) is 0 Å². The second-order valence-electron chi connectivity index (χ2n) is 4.80. The Bertz CT molecular complexity index is 591. The lowest BCUT2D eigenvalue weighted by molar-refractivity contribution is -0.131. The van der Waals surface area contributed by atoms with Crippen molar-refractivity contribution in [1.29, 1.82) is 0 Å². The summed E-state index contributed by atoms with van der Waals surface area (Å²) >= 11 is 0. The van der Waals surface area contributed by atoms with Gasteiger partial charge in [-0.15, -0.1) is 0 Å². The summed E-state index contributed by atoms with van der Waals surface area (Å²) in [6.45, 7) is 2.93. The number of para-hydroxylation sites is 1. The van der Waals surface area contributed by atoms with Gasteiger partial charge in [0, 0.05) is 31.2 Å². The number of rotatable bonds is 3. The van der Waals surface area contributed by atoms with E-state index in [9.17, 15) is 4.79 Å². The van der Waals surface area contributed by atoms with Crippen LogP contribution in [0.3, 0.4) is 0 Å². The zero-order chi connectivity index (χ0) is 13.1. The first-order valence-electron chi connectivity index (χ1n) is 6.66. The van der Waals surface area contributed by atoms with Gasteiger partial charge >= 0.3 is 0 Å². The minimum atomic E-state index is 0.194. The Hall–Kier alpha value is -1.94. The van der Waals surface area contributed by atoms with E-state index in [1.54, 1.807) is 0 Å². The van der Waals surface area contributed by atoms with E-state index in [-0.39, 0.29) is 5.91 Å². The maximum Gasteiger partial charge on any atom is 0.236 e. The monoisotopic (exact) mass is 255 g/mol. The van der Waals surface area contributed by atoms with E-state index >= 15 is 0 Å². The van der Waals surface area contributed by atoms with Gasteiger partial charge in [0.25, 0.3) is 0 Å². The van der Waals surface area contributed by atoms with Crippen molar-refractivity contribution < 1.29 is 4.79 Å². The number of amides is 1. The summed E-state index contributed by atoms with van der Waals surface area (Å²) in [5, 5.41) is 4.25. The molecule has 0 aliphatic carbocycles. The molecule has 0 unspecified atom stereocenters. The highest BCUT2D eigenvalue weighted by Crippen LogP contribution is 2.16. The molecule has 3 rings (SSSR count). The molecule has 0 bridgehead atoms. The molecular formula is C15H17N3O. The summed E-state index contributed by atoms with van der Waals surface area (Å²) in [5.74, 6) is 0.194.